The Bertz CT molecular complexity index is 567. The number of aliphatic hydroxyl groups excluding tert-OH is 1. The Balaban J connectivity index is 2.00. The number of aryl methyl sites for hydroxylation is 1. The number of hydrogen-bond acceptors (Lipinski definition) is 4. The van der Waals surface area contributed by atoms with Crippen LogP contribution in [-0.2, 0) is 0 Å². The van der Waals surface area contributed by atoms with Gasteiger partial charge in [0.1, 0.15) is 0 Å². The summed E-state index contributed by atoms with van der Waals surface area (Å²) in [5, 5.41) is 16.3. The number of amides is 1. The van der Waals surface area contributed by atoms with Gasteiger partial charge in [0.15, 0.2) is 0 Å². The maximum atomic E-state index is 12.0. The van der Waals surface area contributed by atoms with E-state index in [2.05, 4.69) is 5.32 Å². The fourth-order valence-electron chi connectivity index (χ4n) is 1.75. The largest absolute Gasteiger partial charge is 0.398 e. The Morgan fingerprint density at radius 3 is 2.95 bits per heavy atom. The first-order chi connectivity index (χ1) is 9.09. The molecule has 0 aliphatic rings. The van der Waals surface area contributed by atoms with Crippen molar-refractivity contribution >= 4 is 22.9 Å². The molecular formula is C14H16N2O2S. The van der Waals surface area contributed by atoms with Crippen molar-refractivity contribution in [1.29, 1.82) is 0 Å². The maximum absolute atomic E-state index is 12.0. The highest BCUT2D eigenvalue weighted by atomic mass is 32.1. The van der Waals surface area contributed by atoms with Crippen molar-refractivity contribution in [3.05, 3.63) is 51.7 Å². The van der Waals surface area contributed by atoms with Crippen molar-refractivity contribution in [2.45, 2.75) is 13.0 Å². The van der Waals surface area contributed by atoms with E-state index in [4.69, 9.17) is 5.73 Å². The summed E-state index contributed by atoms with van der Waals surface area (Å²) in [5.41, 5.74) is 8.46. The Hall–Kier alpha value is -1.85. The highest BCUT2D eigenvalue weighted by molar-refractivity contribution is 7.07. The van der Waals surface area contributed by atoms with Crippen molar-refractivity contribution in [1.82, 2.24) is 5.32 Å². The summed E-state index contributed by atoms with van der Waals surface area (Å²) in [6.45, 7) is 2.02. The van der Waals surface area contributed by atoms with Crippen LogP contribution in [0.5, 0.6) is 0 Å². The molecule has 1 aromatic carbocycles. The first-order valence-corrected chi connectivity index (χ1v) is 6.87. The van der Waals surface area contributed by atoms with Gasteiger partial charge in [-0.15, -0.1) is 0 Å². The molecule has 4 nitrogen and oxygen atoms in total. The van der Waals surface area contributed by atoms with Gasteiger partial charge in [0.2, 0.25) is 0 Å². The quantitative estimate of drug-likeness (QED) is 0.749. The number of anilines is 1. The lowest BCUT2D eigenvalue weighted by Gasteiger charge is -2.12. The molecule has 0 fully saturated rings. The van der Waals surface area contributed by atoms with Gasteiger partial charge in [0.05, 0.1) is 11.7 Å². The van der Waals surface area contributed by atoms with Gasteiger partial charge >= 0.3 is 0 Å². The minimum absolute atomic E-state index is 0.170. The molecule has 1 amide bonds. The van der Waals surface area contributed by atoms with Gasteiger partial charge in [-0.05, 0) is 40.9 Å². The molecule has 2 aromatic rings. The summed E-state index contributed by atoms with van der Waals surface area (Å²) in [4.78, 5) is 12.0. The van der Waals surface area contributed by atoms with E-state index < -0.39 is 6.10 Å². The first-order valence-electron chi connectivity index (χ1n) is 5.93. The molecule has 2 rings (SSSR count). The lowest BCUT2D eigenvalue weighted by Crippen LogP contribution is -2.29. The molecule has 0 spiro atoms. The fourth-order valence-corrected chi connectivity index (χ4v) is 2.45. The predicted octanol–water partition coefficient (Wildman–Crippen LogP) is 2.10. The van der Waals surface area contributed by atoms with Gasteiger partial charge in [-0.3, -0.25) is 4.79 Å². The highest BCUT2D eigenvalue weighted by Gasteiger charge is 2.13. The summed E-state index contributed by atoms with van der Waals surface area (Å²) in [6.07, 6.45) is -0.693. The molecule has 0 saturated carbocycles. The van der Waals surface area contributed by atoms with Gasteiger partial charge in [0, 0.05) is 12.2 Å². The number of nitrogens with one attached hydrogen (secondary N) is 1. The average molecular weight is 276 g/mol. The van der Waals surface area contributed by atoms with Gasteiger partial charge in [-0.2, -0.15) is 11.3 Å². The fraction of sp³-hybridized carbons (Fsp3) is 0.214. The third-order valence-corrected chi connectivity index (χ3v) is 3.65. The number of para-hydroxylation sites is 1. The van der Waals surface area contributed by atoms with Crippen LogP contribution in [0.2, 0.25) is 0 Å². The maximum Gasteiger partial charge on any atom is 0.253 e. The third kappa shape index (κ3) is 3.13. The number of carbonyl (C=O) groups excluding carboxylic acids is 1. The van der Waals surface area contributed by atoms with Crippen molar-refractivity contribution in [3.8, 4) is 0 Å². The molecule has 1 aromatic heterocycles. The topological polar surface area (TPSA) is 75.3 Å². The molecule has 19 heavy (non-hydrogen) atoms. The molecule has 1 unspecified atom stereocenters. The van der Waals surface area contributed by atoms with Crippen molar-refractivity contribution < 1.29 is 9.90 Å². The van der Waals surface area contributed by atoms with E-state index in [1.165, 1.54) is 11.3 Å². The summed E-state index contributed by atoms with van der Waals surface area (Å²) < 4.78 is 0. The Morgan fingerprint density at radius 1 is 1.47 bits per heavy atom. The lowest BCUT2D eigenvalue weighted by molar-refractivity contribution is 0.0917. The van der Waals surface area contributed by atoms with Crippen LogP contribution in [0.1, 0.15) is 27.6 Å². The number of carbonyl (C=O) groups is 1. The number of benzene rings is 1. The zero-order valence-electron chi connectivity index (χ0n) is 10.6. The normalized spacial score (nSPS) is 12.1. The summed E-state index contributed by atoms with van der Waals surface area (Å²) in [6, 6.07) is 7.15. The zero-order chi connectivity index (χ0) is 13.8. The smallest absolute Gasteiger partial charge is 0.253 e. The molecule has 1 atom stereocenters. The Labute approximate surface area is 115 Å². The van der Waals surface area contributed by atoms with Gasteiger partial charge < -0.3 is 16.2 Å². The molecule has 0 saturated heterocycles. The van der Waals surface area contributed by atoms with E-state index in [0.717, 1.165) is 11.1 Å². The molecule has 0 radical (unpaired) electrons. The van der Waals surface area contributed by atoms with Crippen LogP contribution in [0.25, 0.3) is 0 Å². The molecule has 5 heteroatoms. The number of hydrogen-bond donors (Lipinski definition) is 3. The van der Waals surface area contributed by atoms with Crippen LogP contribution in [0, 0.1) is 6.92 Å². The molecule has 0 bridgehead atoms. The van der Waals surface area contributed by atoms with E-state index in [9.17, 15) is 9.90 Å². The molecule has 0 aliphatic carbocycles. The molecule has 1 heterocycles. The van der Waals surface area contributed by atoms with E-state index in [-0.39, 0.29) is 12.5 Å². The van der Waals surface area contributed by atoms with Crippen LogP contribution in [0.4, 0.5) is 5.69 Å². The standard InChI is InChI=1S/C14H16N2O2S/c1-9-3-2-4-11(13(9)15)14(18)16-7-12(17)10-5-6-19-8-10/h2-6,8,12,17H,7,15H2,1H3,(H,16,18). The van der Waals surface area contributed by atoms with E-state index >= 15 is 0 Å². The molecule has 4 N–H and O–H groups in total. The third-order valence-electron chi connectivity index (χ3n) is 2.95. The van der Waals surface area contributed by atoms with Gasteiger partial charge in [-0.1, -0.05) is 12.1 Å². The summed E-state index contributed by atoms with van der Waals surface area (Å²) >= 11 is 1.51. The lowest BCUT2D eigenvalue weighted by atomic mass is 10.1. The Morgan fingerprint density at radius 2 is 2.26 bits per heavy atom. The molecule has 0 aliphatic heterocycles. The van der Waals surface area contributed by atoms with Crippen LogP contribution in [-0.4, -0.2) is 17.6 Å². The summed E-state index contributed by atoms with van der Waals surface area (Å²) in [5.74, 6) is -0.268. The second kappa shape index (κ2) is 5.86. The number of thiophene rings is 1. The minimum Gasteiger partial charge on any atom is -0.398 e. The number of nitrogen functional groups attached to an aromatic ring is 1. The predicted molar refractivity (Wildman–Crippen MR) is 77.2 cm³/mol. The SMILES string of the molecule is Cc1cccc(C(=O)NCC(O)c2ccsc2)c1N. The van der Waals surface area contributed by atoms with Crippen molar-refractivity contribution in [2.75, 3.05) is 12.3 Å². The average Bonchev–Trinajstić information content (AvgIpc) is 2.93. The number of aliphatic hydroxyl groups is 1. The molecule has 100 valence electrons. The Kier molecular flexibility index (Phi) is 4.19. The van der Waals surface area contributed by atoms with Gasteiger partial charge in [-0.25, -0.2) is 0 Å². The van der Waals surface area contributed by atoms with E-state index in [0.29, 0.717) is 11.3 Å². The zero-order valence-corrected chi connectivity index (χ0v) is 11.4. The minimum atomic E-state index is -0.693. The highest BCUT2D eigenvalue weighted by Crippen LogP contribution is 2.18. The van der Waals surface area contributed by atoms with Crippen molar-refractivity contribution in [2.24, 2.45) is 0 Å². The van der Waals surface area contributed by atoms with Crippen LogP contribution in [0.3, 0.4) is 0 Å². The van der Waals surface area contributed by atoms with Crippen LogP contribution < -0.4 is 11.1 Å². The van der Waals surface area contributed by atoms with E-state index in [1.807, 2.05) is 29.8 Å². The van der Waals surface area contributed by atoms with Crippen molar-refractivity contribution in [3.63, 3.8) is 0 Å². The summed E-state index contributed by atoms with van der Waals surface area (Å²) in [7, 11) is 0. The number of rotatable bonds is 4. The monoisotopic (exact) mass is 276 g/mol. The number of nitrogens with two attached hydrogens (primary N) is 1. The van der Waals surface area contributed by atoms with Gasteiger partial charge in [0.25, 0.3) is 5.91 Å². The van der Waals surface area contributed by atoms with Crippen LogP contribution >= 0.6 is 11.3 Å². The second-order valence-corrected chi connectivity index (χ2v) is 5.10. The van der Waals surface area contributed by atoms with Crippen LogP contribution in [0.15, 0.2) is 35.0 Å². The van der Waals surface area contributed by atoms with E-state index in [1.54, 1.807) is 12.1 Å². The second-order valence-electron chi connectivity index (χ2n) is 4.32. The molecular weight excluding hydrogens is 260 g/mol. The first kappa shape index (κ1) is 13.6.